The van der Waals surface area contributed by atoms with Gasteiger partial charge in [-0.05, 0) is 34.7 Å². The van der Waals surface area contributed by atoms with E-state index in [-0.39, 0.29) is 30.3 Å². The van der Waals surface area contributed by atoms with Crippen molar-refractivity contribution in [1.29, 1.82) is 0 Å². The summed E-state index contributed by atoms with van der Waals surface area (Å²) in [6.07, 6.45) is 4.44. The van der Waals surface area contributed by atoms with Crippen LogP contribution in [0.5, 0.6) is 0 Å². The third kappa shape index (κ3) is 3.64. The van der Waals surface area contributed by atoms with Gasteiger partial charge < -0.3 is 15.2 Å². The molecule has 2 atom stereocenters. The maximum absolute atomic E-state index is 16.1. The normalized spacial score (nSPS) is 21.8. The number of nitrogens with one attached hydrogen (secondary N) is 2. The molecule has 1 aliphatic heterocycles. The minimum atomic E-state index is -2.28. The number of H-pyrrole nitrogens is 1. The van der Waals surface area contributed by atoms with Gasteiger partial charge in [0.05, 0.1) is 11.4 Å². The molecule has 5 nitrogen and oxygen atoms in total. The first-order valence-corrected chi connectivity index (χ1v) is 10.9. The fourth-order valence-electron chi connectivity index (χ4n) is 4.82. The highest BCUT2D eigenvalue weighted by Gasteiger charge is 2.43. The van der Waals surface area contributed by atoms with Gasteiger partial charge in [-0.25, -0.2) is 13.2 Å². The summed E-state index contributed by atoms with van der Waals surface area (Å²) >= 11 is 0. The molecule has 0 saturated carbocycles. The zero-order valence-electron chi connectivity index (χ0n) is 18.4. The third-order valence-electron chi connectivity index (χ3n) is 6.55. The van der Waals surface area contributed by atoms with Crippen LogP contribution in [0.25, 0.3) is 16.3 Å². The second-order valence-corrected chi connectivity index (χ2v) is 8.68. The minimum absolute atomic E-state index is 0.0211. The Morgan fingerprint density at radius 1 is 1.12 bits per heavy atom. The number of carbonyl (C=O) groups is 1. The van der Waals surface area contributed by atoms with Crippen molar-refractivity contribution in [2.75, 3.05) is 13.6 Å². The standard InChI is InChI=1S/C26H22F3N3O2/c1-32(25(34)26(29)9-5-8-16(12-26)15-6-3-2-4-7-15)22-14-30-13-21-23(22)17-10-19(27)20(28)11-18(17)24(33)31-21/h2-11,22,30H,12-14H2,1H3,(H,31,33)/t22?,26-/m1/s1. The van der Waals surface area contributed by atoms with Crippen LogP contribution in [0.15, 0.2) is 65.5 Å². The molecule has 2 aromatic carbocycles. The monoisotopic (exact) mass is 465 g/mol. The lowest BCUT2D eigenvalue weighted by molar-refractivity contribution is -0.141. The smallest absolute Gasteiger partial charge is 0.264 e. The van der Waals surface area contributed by atoms with Crippen molar-refractivity contribution >= 4 is 22.3 Å². The van der Waals surface area contributed by atoms with Crippen LogP contribution in [0.4, 0.5) is 13.2 Å². The van der Waals surface area contributed by atoms with Crippen LogP contribution in [-0.2, 0) is 11.3 Å². The van der Waals surface area contributed by atoms with E-state index in [1.165, 1.54) is 24.1 Å². The van der Waals surface area contributed by atoms with E-state index < -0.39 is 34.8 Å². The minimum Gasteiger partial charge on any atom is -0.334 e. The number of fused-ring (bicyclic) bond motifs is 3. The number of halogens is 3. The molecule has 0 bridgehead atoms. The molecule has 0 radical (unpaired) electrons. The first kappa shape index (κ1) is 22.2. The molecule has 174 valence electrons. The van der Waals surface area contributed by atoms with Crippen molar-refractivity contribution in [1.82, 2.24) is 15.2 Å². The van der Waals surface area contributed by atoms with Crippen molar-refractivity contribution in [3.05, 3.63) is 99.5 Å². The Kier molecular flexibility index (Phi) is 5.40. The average Bonchev–Trinajstić information content (AvgIpc) is 2.84. The molecule has 34 heavy (non-hydrogen) atoms. The molecular weight excluding hydrogens is 443 g/mol. The van der Waals surface area contributed by atoms with Gasteiger partial charge in [0, 0.05) is 37.8 Å². The summed E-state index contributed by atoms with van der Waals surface area (Å²) in [6.45, 7) is 0.538. The number of rotatable bonds is 3. The Labute approximate surface area is 193 Å². The van der Waals surface area contributed by atoms with Gasteiger partial charge in [0.2, 0.25) is 5.67 Å². The number of alkyl halides is 1. The molecule has 2 N–H and O–H groups in total. The highest BCUT2D eigenvalue weighted by atomic mass is 19.2. The van der Waals surface area contributed by atoms with Crippen LogP contribution in [0.1, 0.15) is 29.3 Å². The van der Waals surface area contributed by atoms with E-state index in [1.807, 2.05) is 30.3 Å². The van der Waals surface area contributed by atoms with Crippen molar-refractivity contribution in [3.8, 4) is 0 Å². The summed E-state index contributed by atoms with van der Waals surface area (Å²) in [5, 5.41) is 3.30. The number of pyridine rings is 1. The number of hydrogen-bond acceptors (Lipinski definition) is 3. The van der Waals surface area contributed by atoms with Gasteiger partial charge in [-0.15, -0.1) is 0 Å². The first-order valence-electron chi connectivity index (χ1n) is 10.9. The van der Waals surface area contributed by atoms with Gasteiger partial charge in [-0.1, -0.05) is 42.5 Å². The van der Waals surface area contributed by atoms with E-state index in [0.29, 0.717) is 16.8 Å². The predicted molar refractivity (Wildman–Crippen MR) is 124 cm³/mol. The quantitative estimate of drug-likeness (QED) is 0.611. The summed E-state index contributed by atoms with van der Waals surface area (Å²) in [5.74, 6) is -2.99. The average molecular weight is 465 g/mol. The molecule has 8 heteroatoms. The van der Waals surface area contributed by atoms with Crippen LogP contribution in [0.2, 0.25) is 0 Å². The van der Waals surface area contributed by atoms with Crippen LogP contribution in [0, 0.1) is 11.6 Å². The van der Waals surface area contributed by atoms with Crippen LogP contribution >= 0.6 is 0 Å². The van der Waals surface area contributed by atoms with E-state index in [2.05, 4.69) is 10.3 Å². The van der Waals surface area contributed by atoms with Gasteiger partial charge in [0.15, 0.2) is 11.6 Å². The maximum Gasteiger partial charge on any atom is 0.264 e. The molecule has 3 aromatic rings. The van der Waals surface area contributed by atoms with E-state index in [9.17, 15) is 18.4 Å². The number of likely N-dealkylation sites (N-methyl/N-ethyl adjacent to an activating group) is 1. The van der Waals surface area contributed by atoms with Crippen molar-refractivity contribution in [2.45, 2.75) is 24.7 Å². The molecule has 1 aromatic heterocycles. The van der Waals surface area contributed by atoms with Gasteiger partial charge in [0.25, 0.3) is 11.5 Å². The summed E-state index contributed by atoms with van der Waals surface area (Å²) in [7, 11) is 1.48. The zero-order valence-corrected chi connectivity index (χ0v) is 18.4. The zero-order chi connectivity index (χ0) is 24.0. The number of nitrogens with zero attached hydrogens (tertiary/aromatic N) is 1. The fraction of sp³-hybridized carbons (Fsp3) is 0.231. The summed E-state index contributed by atoms with van der Waals surface area (Å²) in [5.41, 5.74) is -0.376. The number of aromatic nitrogens is 1. The molecule has 2 aliphatic rings. The maximum atomic E-state index is 16.1. The molecule has 1 unspecified atom stereocenters. The lowest BCUT2D eigenvalue weighted by atomic mass is 9.85. The topological polar surface area (TPSA) is 65.2 Å². The number of benzene rings is 2. The molecule has 0 fully saturated rings. The largest absolute Gasteiger partial charge is 0.334 e. The number of allylic oxidation sites excluding steroid dienone is 3. The third-order valence-corrected chi connectivity index (χ3v) is 6.55. The molecule has 1 aliphatic carbocycles. The molecule has 2 heterocycles. The molecule has 0 saturated heterocycles. The Balaban J connectivity index is 1.53. The molecule has 1 amide bonds. The Hall–Kier alpha value is -3.65. The Bertz CT molecular complexity index is 1410. The van der Waals surface area contributed by atoms with Gasteiger partial charge in [0.1, 0.15) is 0 Å². The van der Waals surface area contributed by atoms with Crippen LogP contribution in [0.3, 0.4) is 0 Å². The van der Waals surface area contributed by atoms with Gasteiger partial charge >= 0.3 is 0 Å². The summed E-state index contributed by atoms with van der Waals surface area (Å²) in [6, 6.07) is 10.4. The molecule has 0 spiro atoms. The predicted octanol–water partition coefficient (Wildman–Crippen LogP) is 4.16. The van der Waals surface area contributed by atoms with Gasteiger partial charge in [-0.2, -0.15) is 0 Å². The fourth-order valence-corrected chi connectivity index (χ4v) is 4.82. The summed E-state index contributed by atoms with van der Waals surface area (Å²) < 4.78 is 44.1. The first-order chi connectivity index (χ1) is 16.3. The second kappa shape index (κ2) is 8.29. The Morgan fingerprint density at radius 3 is 2.56 bits per heavy atom. The number of aromatic amines is 1. The molecular formula is C26H22F3N3O2. The SMILES string of the molecule is CN(C(=O)[C@@]1(F)C=CC=C(c2ccccc2)C1)C1CNCc2[nH]c(=O)c3cc(F)c(F)cc3c21. The lowest BCUT2D eigenvalue weighted by Gasteiger charge is -2.38. The van der Waals surface area contributed by atoms with Crippen molar-refractivity contribution in [3.63, 3.8) is 0 Å². The number of carbonyl (C=O) groups excluding carboxylic acids is 1. The molecule has 5 rings (SSSR count). The highest BCUT2D eigenvalue weighted by molar-refractivity contribution is 5.92. The van der Waals surface area contributed by atoms with Gasteiger partial charge in [-0.3, -0.25) is 9.59 Å². The number of hydrogen-bond donors (Lipinski definition) is 2. The van der Waals surface area contributed by atoms with Crippen LogP contribution in [-0.4, -0.2) is 35.1 Å². The second-order valence-electron chi connectivity index (χ2n) is 8.68. The highest BCUT2D eigenvalue weighted by Crippen LogP contribution is 2.38. The number of amides is 1. The lowest BCUT2D eigenvalue weighted by Crippen LogP contribution is -2.49. The van der Waals surface area contributed by atoms with Crippen molar-refractivity contribution in [2.24, 2.45) is 0 Å². The summed E-state index contributed by atoms with van der Waals surface area (Å²) in [4.78, 5) is 29.9. The Morgan fingerprint density at radius 2 is 1.82 bits per heavy atom. The van der Waals surface area contributed by atoms with E-state index in [0.717, 1.165) is 17.7 Å². The van der Waals surface area contributed by atoms with E-state index in [1.54, 1.807) is 6.08 Å². The van der Waals surface area contributed by atoms with E-state index >= 15 is 4.39 Å². The van der Waals surface area contributed by atoms with Crippen molar-refractivity contribution < 1.29 is 18.0 Å². The van der Waals surface area contributed by atoms with Crippen LogP contribution < -0.4 is 10.9 Å². The van der Waals surface area contributed by atoms with E-state index in [4.69, 9.17) is 0 Å².